The summed E-state index contributed by atoms with van der Waals surface area (Å²) in [5.41, 5.74) is 5.28. The van der Waals surface area contributed by atoms with E-state index < -0.39 is 17.9 Å². The van der Waals surface area contributed by atoms with E-state index in [2.05, 4.69) is 5.32 Å². The summed E-state index contributed by atoms with van der Waals surface area (Å²) < 4.78 is 0. The number of ketones is 1. The lowest BCUT2D eigenvalue weighted by atomic mass is 9.86. The molecule has 2 atom stereocenters. The van der Waals surface area contributed by atoms with Crippen LogP contribution in [0.5, 0.6) is 0 Å². The first-order valence-electron chi connectivity index (χ1n) is 10.8. The third-order valence-corrected chi connectivity index (χ3v) is 6.12. The minimum absolute atomic E-state index is 0.0521. The van der Waals surface area contributed by atoms with Crippen LogP contribution in [-0.2, 0) is 19.2 Å². The number of imide groups is 1. The lowest BCUT2D eigenvalue weighted by molar-refractivity contribution is -0.152. The Morgan fingerprint density at radius 3 is 2.43 bits per heavy atom. The second-order valence-electron chi connectivity index (χ2n) is 8.34. The topological polar surface area (TPSA) is 110 Å². The molecular formula is C21H35N3O4. The van der Waals surface area contributed by atoms with Gasteiger partial charge in [-0.25, -0.2) is 0 Å². The number of amides is 3. The molecule has 1 unspecified atom stereocenters. The van der Waals surface area contributed by atoms with Crippen molar-refractivity contribution in [2.45, 2.75) is 83.6 Å². The van der Waals surface area contributed by atoms with Crippen molar-refractivity contribution >= 4 is 23.5 Å². The van der Waals surface area contributed by atoms with E-state index in [0.29, 0.717) is 31.7 Å². The van der Waals surface area contributed by atoms with Gasteiger partial charge in [-0.15, -0.1) is 0 Å². The molecule has 3 amide bonds. The van der Waals surface area contributed by atoms with Crippen LogP contribution in [0.4, 0.5) is 0 Å². The maximum Gasteiger partial charge on any atom is 0.229 e. The second kappa shape index (κ2) is 11.3. The molecule has 1 saturated heterocycles. The number of rotatable bonds is 8. The molecule has 0 aromatic carbocycles. The van der Waals surface area contributed by atoms with E-state index in [1.54, 1.807) is 6.92 Å². The van der Waals surface area contributed by atoms with Gasteiger partial charge in [0.25, 0.3) is 0 Å². The maximum atomic E-state index is 13.0. The highest BCUT2D eigenvalue weighted by Gasteiger charge is 2.35. The zero-order chi connectivity index (χ0) is 20.5. The van der Waals surface area contributed by atoms with Gasteiger partial charge in [0.15, 0.2) is 5.78 Å². The number of hydrogen-bond donors (Lipinski definition) is 2. The molecule has 1 heterocycles. The number of Topliss-reactive ketones (excluding diaryl/α,β-unsaturated/α-hetero) is 1. The molecule has 2 rings (SSSR count). The SMILES string of the molecule is CC(CCC(=O)N(C(=O)CCC1CCCCC1)[C@H]1CCCNCC1=O)C(N)=O. The minimum Gasteiger partial charge on any atom is -0.369 e. The van der Waals surface area contributed by atoms with Gasteiger partial charge in [0.05, 0.1) is 12.6 Å². The van der Waals surface area contributed by atoms with Crippen molar-refractivity contribution in [3.05, 3.63) is 0 Å². The summed E-state index contributed by atoms with van der Waals surface area (Å²) in [7, 11) is 0. The fourth-order valence-corrected chi connectivity index (χ4v) is 4.20. The Hall–Kier alpha value is -1.76. The highest BCUT2D eigenvalue weighted by Crippen LogP contribution is 2.28. The lowest BCUT2D eigenvalue weighted by Gasteiger charge is -2.29. The second-order valence-corrected chi connectivity index (χ2v) is 8.34. The van der Waals surface area contributed by atoms with Gasteiger partial charge in [0, 0.05) is 18.8 Å². The molecule has 7 nitrogen and oxygen atoms in total. The van der Waals surface area contributed by atoms with E-state index in [4.69, 9.17) is 5.73 Å². The van der Waals surface area contributed by atoms with Gasteiger partial charge in [-0.2, -0.15) is 0 Å². The van der Waals surface area contributed by atoms with Crippen LogP contribution in [0.25, 0.3) is 0 Å². The average molecular weight is 394 g/mol. The highest BCUT2D eigenvalue weighted by molar-refractivity contribution is 6.01. The molecule has 0 aromatic rings. The zero-order valence-electron chi connectivity index (χ0n) is 17.1. The maximum absolute atomic E-state index is 13.0. The third-order valence-electron chi connectivity index (χ3n) is 6.12. The Bertz CT molecular complexity index is 572. The summed E-state index contributed by atoms with van der Waals surface area (Å²) in [6, 6.07) is -0.690. The molecule has 0 bridgehead atoms. The summed E-state index contributed by atoms with van der Waals surface area (Å²) in [4.78, 5) is 50.9. The molecule has 1 saturated carbocycles. The van der Waals surface area contributed by atoms with E-state index in [1.165, 1.54) is 24.2 Å². The Kier molecular flexibility index (Phi) is 9.09. The molecule has 158 valence electrons. The van der Waals surface area contributed by atoms with E-state index >= 15 is 0 Å². The summed E-state index contributed by atoms with van der Waals surface area (Å²) in [6.45, 7) is 2.56. The minimum atomic E-state index is -0.690. The largest absolute Gasteiger partial charge is 0.369 e. The summed E-state index contributed by atoms with van der Waals surface area (Å²) in [5, 5.41) is 3.05. The fraction of sp³-hybridized carbons (Fsp3) is 0.810. The van der Waals surface area contributed by atoms with Crippen molar-refractivity contribution in [1.82, 2.24) is 10.2 Å². The van der Waals surface area contributed by atoms with Crippen molar-refractivity contribution in [1.29, 1.82) is 0 Å². The Morgan fingerprint density at radius 2 is 1.75 bits per heavy atom. The molecule has 0 aromatic heterocycles. The van der Waals surface area contributed by atoms with Gasteiger partial charge in [-0.05, 0) is 38.1 Å². The van der Waals surface area contributed by atoms with Crippen LogP contribution in [0.3, 0.4) is 0 Å². The van der Waals surface area contributed by atoms with E-state index in [1.807, 2.05) is 0 Å². The van der Waals surface area contributed by atoms with Crippen LogP contribution in [-0.4, -0.2) is 47.5 Å². The number of hydrogen-bond acceptors (Lipinski definition) is 5. The Morgan fingerprint density at radius 1 is 1.07 bits per heavy atom. The van der Waals surface area contributed by atoms with E-state index in [0.717, 1.165) is 25.7 Å². The van der Waals surface area contributed by atoms with Crippen molar-refractivity contribution in [2.24, 2.45) is 17.6 Å². The number of nitrogens with zero attached hydrogens (tertiary/aromatic N) is 1. The molecule has 0 radical (unpaired) electrons. The van der Waals surface area contributed by atoms with E-state index in [-0.39, 0.29) is 30.6 Å². The molecule has 28 heavy (non-hydrogen) atoms. The van der Waals surface area contributed by atoms with Crippen LogP contribution in [0, 0.1) is 11.8 Å². The summed E-state index contributed by atoms with van der Waals surface area (Å²) >= 11 is 0. The molecule has 2 fully saturated rings. The van der Waals surface area contributed by atoms with Crippen LogP contribution in [0.2, 0.25) is 0 Å². The van der Waals surface area contributed by atoms with Crippen LogP contribution in [0.15, 0.2) is 0 Å². The summed E-state index contributed by atoms with van der Waals surface area (Å²) in [5.74, 6) is -1.08. The smallest absolute Gasteiger partial charge is 0.229 e. The molecule has 1 aliphatic heterocycles. The molecular weight excluding hydrogens is 358 g/mol. The lowest BCUT2D eigenvalue weighted by Crippen LogP contribution is -2.49. The number of nitrogens with two attached hydrogens (primary N) is 1. The first-order valence-corrected chi connectivity index (χ1v) is 10.8. The van der Waals surface area contributed by atoms with Crippen LogP contribution < -0.4 is 11.1 Å². The number of primary amides is 1. The standard InChI is InChI=1S/C21H35N3O4/c1-15(21(22)28)9-11-19(26)24(17-8-5-13-23-14-18(17)25)20(27)12-10-16-6-3-2-4-7-16/h15-17,23H,2-14H2,1H3,(H2,22,28)/t15?,17-/m0/s1. The van der Waals surface area contributed by atoms with E-state index in [9.17, 15) is 19.2 Å². The van der Waals surface area contributed by atoms with Gasteiger partial charge in [0.2, 0.25) is 17.7 Å². The molecule has 0 spiro atoms. The Balaban J connectivity index is 2.05. The molecule has 3 N–H and O–H groups in total. The quantitative estimate of drug-likeness (QED) is 0.655. The Labute approximate surface area is 167 Å². The zero-order valence-corrected chi connectivity index (χ0v) is 17.1. The first kappa shape index (κ1) is 22.5. The number of carbonyl (C=O) groups is 4. The molecule has 2 aliphatic rings. The highest BCUT2D eigenvalue weighted by atomic mass is 16.2. The van der Waals surface area contributed by atoms with Gasteiger partial charge < -0.3 is 11.1 Å². The predicted molar refractivity (Wildman–Crippen MR) is 106 cm³/mol. The van der Waals surface area contributed by atoms with Crippen molar-refractivity contribution in [2.75, 3.05) is 13.1 Å². The monoisotopic (exact) mass is 393 g/mol. The van der Waals surface area contributed by atoms with Crippen LogP contribution in [0.1, 0.15) is 77.6 Å². The number of nitrogens with one attached hydrogen (secondary N) is 1. The first-order chi connectivity index (χ1) is 13.4. The van der Waals surface area contributed by atoms with Crippen LogP contribution >= 0.6 is 0 Å². The van der Waals surface area contributed by atoms with Gasteiger partial charge in [-0.1, -0.05) is 39.0 Å². The average Bonchev–Trinajstić information content (AvgIpc) is 2.90. The van der Waals surface area contributed by atoms with Gasteiger partial charge in [0.1, 0.15) is 0 Å². The van der Waals surface area contributed by atoms with Gasteiger partial charge >= 0.3 is 0 Å². The van der Waals surface area contributed by atoms with Crippen molar-refractivity contribution in [3.63, 3.8) is 0 Å². The predicted octanol–water partition coefficient (Wildman–Crippen LogP) is 1.92. The fourth-order valence-electron chi connectivity index (χ4n) is 4.20. The van der Waals surface area contributed by atoms with Crippen molar-refractivity contribution < 1.29 is 19.2 Å². The van der Waals surface area contributed by atoms with Crippen molar-refractivity contribution in [3.8, 4) is 0 Å². The number of carbonyl (C=O) groups excluding carboxylic acids is 4. The third kappa shape index (κ3) is 6.69. The molecule has 1 aliphatic carbocycles. The van der Waals surface area contributed by atoms with Gasteiger partial charge in [-0.3, -0.25) is 24.1 Å². The molecule has 7 heteroatoms. The normalized spacial score (nSPS) is 22.3. The summed E-state index contributed by atoms with van der Waals surface area (Å²) in [6.07, 6.45) is 8.63.